The number of hydrogen-bond donors (Lipinski definition) is 2. The van der Waals surface area contributed by atoms with Crippen molar-refractivity contribution in [2.45, 2.75) is 114 Å². The Hall–Kier alpha value is -4.86. The first-order valence-electron chi connectivity index (χ1n) is 19.8. The molecule has 57 heavy (non-hydrogen) atoms. The molecule has 6 nitrogen and oxygen atoms in total. The molecular formula is C47H58F4N4O2. The van der Waals surface area contributed by atoms with E-state index >= 15 is 0 Å². The van der Waals surface area contributed by atoms with Gasteiger partial charge in [0.2, 0.25) is 11.8 Å². The molecule has 0 fully saturated rings. The number of nitrogens with one attached hydrogen (secondary N) is 2. The number of carbonyl (C=O) groups is 2. The van der Waals surface area contributed by atoms with E-state index in [9.17, 15) is 27.2 Å². The second-order valence-electron chi connectivity index (χ2n) is 18.1. The number of benzene rings is 4. The van der Waals surface area contributed by atoms with Gasteiger partial charge in [-0.2, -0.15) is 13.2 Å². The molecule has 0 aliphatic carbocycles. The summed E-state index contributed by atoms with van der Waals surface area (Å²) in [6.45, 7) is 23.5. The fourth-order valence-electron chi connectivity index (χ4n) is 7.81. The molecule has 0 saturated carbocycles. The molecule has 0 spiro atoms. The Balaban J connectivity index is 0.000000219. The highest BCUT2D eigenvalue weighted by molar-refractivity contribution is 5.94. The molecule has 0 atom stereocenters. The highest BCUT2D eigenvalue weighted by Crippen LogP contribution is 2.40. The number of amides is 2. The van der Waals surface area contributed by atoms with Gasteiger partial charge in [0.1, 0.15) is 5.82 Å². The van der Waals surface area contributed by atoms with Gasteiger partial charge in [0.05, 0.1) is 5.56 Å². The standard InChI is InChI=1S/C24H29F3N2O.C23H29FN2O/c1-15-12-20-19(16(2)22(15)28-21(30)13-23(3,4)5)10-11-29(20)14-17-6-8-18(9-7-17)24(25,26)27;1-15-12-20-19(16(2)22(15)25-21(27)13-23(3,4)5)10-11-26(20)14-17-6-8-18(24)9-7-17/h6-9,12H,10-11,13-14H2,1-5H3,(H,28,30);6-9,12H,10-11,13-14H2,1-5H3,(H,25,27). The van der Waals surface area contributed by atoms with Gasteiger partial charge < -0.3 is 20.4 Å². The van der Waals surface area contributed by atoms with Crippen molar-refractivity contribution in [3.8, 4) is 0 Å². The Morgan fingerprint density at radius 2 is 0.982 bits per heavy atom. The van der Waals surface area contributed by atoms with E-state index in [-0.39, 0.29) is 28.5 Å². The minimum absolute atomic E-state index is 0.00765. The maximum absolute atomic E-state index is 13.1. The van der Waals surface area contributed by atoms with E-state index in [0.29, 0.717) is 19.4 Å². The minimum Gasteiger partial charge on any atom is -0.367 e. The average Bonchev–Trinajstić information content (AvgIpc) is 3.68. The van der Waals surface area contributed by atoms with Crippen molar-refractivity contribution in [1.29, 1.82) is 0 Å². The Morgan fingerprint density at radius 1 is 0.614 bits per heavy atom. The van der Waals surface area contributed by atoms with E-state index < -0.39 is 11.7 Å². The van der Waals surface area contributed by atoms with Crippen molar-refractivity contribution in [3.05, 3.63) is 117 Å². The normalized spacial score (nSPS) is 13.9. The third-order valence-corrected chi connectivity index (χ3v) is 10.6. The molecule has 2 aliphatic rings. The van der Waals surface area contributed by atoms with Crippen molar-refractivity contribution in [2.24, 2.45) is 10.8 Å². The van der Waals surface area contributed by atoms with E-state index in [1.807, 2.05) is 53.7 Å². The van der Waals surface area contributed by atoms with Crippen LogP contribution in [0.4, 0.5) is 40.3 Å². The van der Waals surface area contributed by atoms with Crippen LogP contribution in [-0.2, 0) is 41.7 Å². The summed E-state index contributed by atoms with van der Waals surface area (Å²) in [7, 11) is 0. The number of hydrogen-bond acceptors (Lipinski definition) is 4. The lowest BCUT2D eigenvalue weighted by molar-refractivity contribution is -0.137. The zero-order chi connectivity index (χ0) is 42.0. The lowest BCUT2D eigenvalue weighted by Crippen LogP contribution is -2.21. The van der Waals surface area contributed by atoms with Crippen molar-refractivity contribution in [3.63, 3.8) is 0 Å². The molecule has 0 saturated heterocycles. The molecule has 0 unspecified atom stereocenters. The lowest BCUT2D eigenvalue weighted by atomic mass is 9.91. The number of fused-ring (bicyclic) bond motifs is 2. The van der Waals surface area contributed by atoms with Crippen LogP contribution in [0.15, 0.2) is 60.7 Å². The van der Waals surface area contributed by atoms with E-state index in [1.165, 1.54) is 28.9 Å². The van der Waals surface area contributed by atoms with Crippen molar-refractivity contribution in [2.75, 3.05) is 33.5 Å². The molecule has 0 aromatic heterocycles. The van der Waals surface area contributed by atoms with Crippen LogP contribution in [0.25, 0.3) is 0 Å². The third kappa shape index (κ3) is 11.2. The molecule has 6 rings (SSSR count). The van der Waals surface area contributed by atoms with Gasteiger partial charge in [-0.3, -0.25) is 9.59 Å². The van der Waals surface area contributed by atoms with Crippen molar-refractivity contribution < 1.29 is 27.2 Å². The van der Waals surface area contributed by atoms with Crippen LogP contribution in [0.2, 0.25) is 0 Å². The third-order valence-electron chi connectivity index (χ3n) is 10.6. The van der Waals surface area contributed by atoms with E-state index in [4.69, 9.17) is 0 Å². The summed E-state index contributed by atoms with van der Waals surface area (Å²) in [6, 6.07) is 16.3. The number of anilines is 4. The summed E-state index contributed by atoms with van der Waals surface area (Å²) in [6.07, 6.45) is -1.56. The van der Waals surface area contributed by atoms with Crippen LogP contribution in [0.3, 0.4) is 0 Å². The van der Waals surface area contributed by atoms with Gasteiger partial charge in [0, 0.05) is 61.8 Å². The van der Waals surface area contributed by atoms with E-state index in [1.54, 1.807) is 12.1 Å². The first-order chi connectivity index (χ1) is 26.5. The predicted molar refractivity (Wildman–Crippen MR) is 225 cm³/mol. The topological polar surface area (TPSA) is 64.7 Å². The number of carbonyl (C=O) groups excluding carboxylic acids is 2. The minimum atomic E-state index is -4.32. The van der Waals surface area contributed by atoms with Crippen LogP contribution < -0.4 is 20.4 Å². The summed E-state index contributed by atoms with van der Waals surface area (Å²) in [5.41, 5.74) is 12.1. The van der Waals surface area contributed by atoms with Gasteiger partial charge in [0.25, 0.3) is 0 Å². The number of nitrogens with zero attached hydrogens (tertiary/aromatic N) is 2. The Morgan fingerprint density at radius 3 is 1.33 bits per heavy atom. The van der Waals surface area contributed by atoms with Crippen LogP contribution in [-0.4, -0.2) is 24.9 Å². The number of alkyl halides is 3. The van der Waals surface area contributed by atoms with Crippen LogP contribution >= 0.6 is 0 Å². The fourth-order valence-corrected chi connectivity index (χ4v) is 7.81. The van der Waals surface area contributed by atoms with Crippen molar-refractivity contribution in [1.82, 2.24) is 0 Å². The smallest absolute Gasteiger partial charge is 0.367 e. The van der Waals surface area contributed by atoms with Crippen LogP contribution in [0.1, 0.15) is 104 Å². The lowest BCUT2D eigenvalue weighted by Gasteiger charge is -2.23. The molecule has 0 bridgehead atoms. The van der Waals surface area contributed by atoms with Gasteiger partial charge in [-0.25, -0.2) is 4.39 Å². The highest BCUT2D eigenvalue weighted by Gasteiger charge is 2.31. The molecule has 306 valence electrons. The number of aryl methyl sites for hydroxylation is 2. The molecule has 4 aromatic rings. The maximum Gasteiger partial charge on any atom is 0.416 e. The molecular weight excluding hydrogens is 729 g/mol. The molecule has 2 amide bonds. The molecule has 2 aliphatic heterocycles. The zero-order valence-corrected chi connectivity index (χ0v) is 35.2. The summed E-state index contributed by atoms with van der Waals surface area (Å²) >= 11 is 0. The maximum atomic E-state index is 13.1. The largest absolute Gasteiger partial charge is 0.416 e. The Kier molecular flexibility index (Phi) is 12.9. The Bertz CT molecular complexity index is 2090. The predicted octanol–water partition coefficient (Wildman–Crippen LogP) is 11.6. The average molecular weight is 787 g/mol. The summed E-state index contributed by atoms with van der Waals surface area (Å²) in [5.74, 6) is -0.133. The van der Waals surface area contributed by atoms with Gasteiger partial charge in [-0.1, -0.05) is 65.8 Å². The molecule has 0 radical (unpaired) electrons. The number of halogens is 4. The molecule has 2 N–H and O–H groups in total. The van der Waals surface area contributed by atoms with Gasteiger partial charge in [-0.05, 0) is 132 Å². The fraction of sp³-hybridized carbons (Fsp3) is 0.447. The first kappa shape index (κ1) is 43.3. The quantitative estimate of drug-likeness (QED) is 0.175. The monoisotopic (exact) mass is 786 g/mol. The summed E-state index contributed by atoms with van der Waals surface area (Å²) in [5, 5.41) is 6.22. The van der Waals surface area contributed by atoms with E-state index in [2.05, 4.69) is 60.3 Å². The summed E-state index contributed by atoms with van der Waals surface area (Å²) in [4.78, 5) is 29.4. The zero-order valence-electron chi connectivity index (χ0n) is 35.2. The number of rotatable bonds is 8. The molecule has 2 heterocycles. The second kappa shape index (κ2) is 16.9. The first-order valence-corrected chi connectivity index (χ1v) is 19.8. The summed E-state index contributed by atoms with van der Waals surface area (Å²) < 4.78 is 51.5. The second-order valence-corrected chi connectivity index (χ2v) is 18.1. The van der Waals surface area contributed by atoms with Gasteiger partial charge in [-0.15, -0.1) is 0 Å². The van der Waals surface area contributed by atoms with Crippen LogP contribution in [0, 0.1) is 44.3 Å². The van der Waals surface area contributed by atoms with Gasteiger partial charge >= 0.3 is 6.18 Å². The van der Waals surface area contributed by atoms with E-state index in [0.717, 1.165) is 95.1 Å². The Labute approximate surface area is 336 Å². The SMILES string of the molecule is Cc1cc2c(c(C)c1NC(=O)CC(C)(C)C)CCN2Cc1ccc(C(F)(F)F)cc1.Cc1cc2c(c(C)c1NC(=O)CC(C)(C)C)CCN2Cc1ccc(F)cc1. The molecule has 4 aromatic carbocycles. The highest BCUT2D eigenvalue weighted by atomic mass is 19.4. The van der Waals surface area contributed by atoms with Crippen LogP contribution in [0.5, 0.6) is 0 Å². The van der Waals surface area contributed by atoms with Gasteiger partial charge in [0.15, 0.2) is 0 Å². The molecule has 10 heteroatoms. The van der Waals surface area contributed by atoms with Crippen molar-refractivity contribution >= 4 is 34.6 Å².